The molecule has 7 nitrogen and oxygen atoms in total. The van der Waals surface area contributed by atoms with Crippen molar-refractivity contribution < 1.29 is 33.2 Å². The number of halogens is 10. The van der Waals surface area contributed by atoms with Gasteiger partial charge in [-0.1, -0.05) is 219 Å². The molecular formula is C41H56Br10O7. The van der Waals surface area contributed by atoms with Crippen molar-refractivity contribution in [2.45, 2.75) is 20.0 Å². The van der Waals surface area contributed by atoms with E-state index in [1.807, 2.05) is 30.3 Å². The second-order valence-electron chi connectivity index (χ2n) is 15.6. The predicted molar refractivity (Wildman–Crippen MR) is 275 cm³/mol. The molecule has 0 aliphatic carbocycles. The molecule has 0 aromatic heterocycles. The Morgan fingerprint density at radius 3 is 1.05 bits per heavy atom. The van der Waals surface area contributed by atoms with Crippen LogP contribution < -0.4 is 0 Å². The first-order chi connectivity index (χ1) is 27.9. The number of rotatable bonds is 34. The molecule has 0 atom stereocenters. The fourth-order valence-corrected chi connectivity index (χ4v) is 13.1. The lowest BCUT2D eigenvalue weighted by Crippen LogP contribution is -2.44. The van der Waals surface area contributed by atoms with Gasteiger partial charge in [-0.2, -0.15) is 0 Å². The highest BCUT2D eigenvalue weighted by Gasteiger charge is 2.38. The van der Waals surface area contributed by atoms with E-state index in [0.717, 1.165) is 21.8 Å². The molecule has 0 aliphatic heterocycles. The standard InChI is InChI=1S/C41H56Br10O7/c1-33-7-9-35(10-8-33)12-53-23-37(13-42,14-43)24-54-25-38(15-44,16-45)26-55-27-39(17-46,18-47)28-56-29-40(19-48,20-49)30-57-31-41(21-50,22-51)32-58-36(52)11-34-5-3-2-4-6-34/h2-10H,11-32H2,1H3. The van der Waals surface area contributed by atoms with Gasteiger partial charge in [-0.3, -0.25) is 4.79 Å². The van der Waals surface area contributed by atoms with E-state index < -0.39 is 5.41 Å². The number of aryl methyl sites for hydroxylation is 1. The van der Waals surface area contributed by atoms with Crippen molar-refractivity contribution in [3.8, 4) is 0 Å². The Balaban J connectivity index is 1.92. The van der Waals surface area contributed by atoms with Gasteiger partial charge in [-0.15, -0.1) is 0 Å². The summed E-state index contributed by atoms with van der Waals surface area (Å²) in [5.74, 6) is -0.261. The van der Waals surface area contributed by atoms with Crippen molar-refractivity contribution in [2.75, 3.05) is 119 Å². The molecule has 0 aliphatic rings. The number of hydrogen-bond acceptors (Lipinski definition) is 7. The first-order valence-corrected chi connectivity index (χ1v) is 29.8. The van der Waals surface area contributed by atoms with Crippen LogP contribution in [0, 0.1) is 34.0 Å². The first-order valence-electron chi connectivity index (χ1n) is 18.6. The molecule has 17 heteroatoms. The molecule has 2 aromatic rings. The van der Waals surface area contributed by atoms with Crippen LogP contribution in [0.1, 0.15) is 16.7 Å². The highest BCUT2D eigenvalue weighted by atomic mass is 79.9. The third kappa shape index (κ3) is 19.5. The zero-order valence-electron chi connectivity index (χ0n) is 32.9. The second-order valence-corrected chi connectivity index (χ2v) is 21.2. The molecule has 2 aromatic carbocycles. The molecule has 0 bridgehead atoms. The Labute approximate surface area is 431 Å². The maximum Gasteiger partial charge on any atom is 0.310 e. The third-order valence-electron chi connectivity index (χ3n) is 9.63. The number of carbonyl (C=O) groups excluding carboxylic acids is 1. The average Bonchev–Trinajstić information content (AvgIpc) is 3.26. The molecule has 0 fully saturated rings. The van der Waals surface area contributed by atoms with E-state index in [2.05, 4.69) is 190 Å². The lowest BCUT2D eigenvalue weighted by Gasteiger charge is -2.37. The smallest absolute Gasteiger partial charge is 0.310 e. The van der Waals surface area contributed by atoms with Crippen molar-refractivity contribution in [3.05, 3.63) is 71.3 Å². The van der Waals surface area contributed by atoms with Gasteiger partial charge in [0.15, 0.2) is 0 Å². The molecule has 58 heavy (non-hydrogen) atoms. The van der Waals surface area contributed by atoms with E-state index in [9.17, 15) is 4.79 Å². The molecule has 0 amide bonds. The van der Waals surface area contributed by atoms with Crippen LogP contribution in [0.4, 0.5) is 0 Å². The summed E-state index contributed by atoms with van der Waals surface area (Å²) in [6.45, 7) is 7.23. The van der Waals surface area contributed by atoms with E-state index >= 15 is 0 Å². The van der Waals surface area contributed by atoms with Crippen LogP contribution in [0.5, 0.6) is 0 Å². The summed E-state index contributed by atoms with van der Waals surface area (Å²) in [5, 5.41) is 6.81. The Bertz CT molecular complexity index is 1370. The SMILES string of the molecule is Cc1ccc(COCC(CBr)(CBr)COCC(CBr)(CBr)COCC(CBr)(CBr)COCC(CBr)(CBr)COCC(CBr)(CBr)COC(=O)Cc2ccccc2)cc1. The quantitative estimate of drug-likeness (QED) is 0.0511. The summed E-state index contributed by atoms with van der Waals surface area (Å²) in [6.07, 6.45) is 0.232. The van der Waals surface area contributed by atoms with Gasteiger partial charge in [0.05, 0.1) is 72.5 Å². The van der Waals surface area contributed by atoms with Crippen LogP contribution in [-0.2, 0) is 46.2 Å². The topological polar surface area (TPSA) is 72.5 Å². The van der Waals surface area contributed by atoms with Crippen molar-refractivity contribution in [2.24, 2.45) is 27.1 Å². The van der Waals surface area contributed by atoms with Crippen molar-refractivity contribution in [1.82, 2.24) is 0 Å². The lowest BCUT2D eigenvalue weighted by molar-refractivity contribution is -0.147. The molecule has 0 heterocycles. The van der Waals surface area contributed by atoms with Crippen molar-refractivity contribution >= 4 is 165 Å². The average molecular weight is 1460 g/mol. The monoisotopic (exact) mass is 1450 g/mol. The fourth-order valence-electron chi connectivity index (χ4n) is 5.21. The molecule has 0 spiro atoms. The number of alkyl halides is 10. The van der Waals surface area contributed by atoms with Gasteiger partial charge in [0.2, 0.25) is 0 Å². The molecule has 0 saturated carbocycles. The van der Waals surface area contributed by atoms with E-state index in [4.69, 9.17) is 28.4 Å². The fraction of sp³-hybridized carbons (Fsp3) is 0.683. The predicted octanol–water partition coefficient (Wildman–Crippen LogP) is 12.2. The Morgan fingerprint density at radius 2 is 0.724 bits per heavy atom. The molecule has 332 valence electrons. The van der Waals surface area contributed by atoms with Crippen LogP contribution >= 0.6 is 159 Å². The summed E-state index contributed by atoms with van der Waals surface area (Å²) >= 11 is 37.3. The maximum absolute atomic E-state index is 12.6. The van der Waals surface area contributed by atoms with Crippen LogP contribution in [-0.4, -0.2) is 125 Å². The maximum atomic E-state index is 12.6. The molecule has 0 saturated heterocycles. The van der Waals surface area contributed by atoms with Crippen LogP contribution in [0.15, 0.2) is 54.6 Å². The zero-order chi connectivity index (χ0) is 43.0. The number of benzene rings is 2. The Kier molecular flexibility index (Phi) is 29.9. The normalized spacial score (nSPS) is 12.9. The molecule has 2 rings (SSSR count). The van der Waals surface area contributed by atoms with Crippen LogP contribution in [0.3, 0.4) is 0 Å². The molecular weight excluding hydrogens is 1400 g/mol. The lowest BCUT2D eigenvalue weighted by atomic mass is 9.92. The van der Waals surface area contributed by atoms with E-state index in [0.29, 0.717) is 109 Å². The van der Waals surface area contributed by atoms with Crippen LogP contribution in [0.25, 0.3) is 0 Å². The van der Waals surface area contributed by atoms with Gasteiger partial charge in [0, 0.05) is 80.4 Å². The summed E-state index contributed by atoms with van der Waals surface area (Å²) in [4.78, 5) is 12.6. The Morgan fingerprint density at radius 1 is 0.414 bits per heavy atom. The number of carbonyl (C=O) groups is 1. The number of hydrogen-bond donors (Lipinski definition) is 0. The molecule has 0 N–H and O–H groups in total. The zero-order valence-corrected chi connectivity index (χ0v) is 48.7. The first kappa shape index (κ1) is 56.6. The summed E-state index contributed by atoms with van der Waals surface area (Å²) in [6, 6.07) is 18.0. The second kappa shape index (κ2) is 30.7. The van der Waals surface area contributed by atoms with Crippen molar-refractivity contribution in [1.29, 1.82) is 0 Å². The minimum Gasteiger partial charge on any atom is -0.465 e. The highest BCUT2D eigenvalue weighted by molar-refractivity contribution is 9.11. The summed E-state index contributed by atoms with van der Waals surface area (Å²) < 4.78 is 37.7. The largest absolute Gasteiger partial charge is 0.465 e. The highest BCUT2D eigenvalue weighted by Crippen LogP contribution is 2.33. The van der Waals surface area contributed by atoms with Gasteiger partial charge in [0.25, 0.3) is 0 Å². The molecule has 0 radical (unpaired) electrons. The third-order valence-corrected chi connectivity index (χ3v) is 21.5. The van der Waals surface area contributed by atoms with Gasteiger partial charge >= 0.3 is 5.97 Å². The number of ether oxygens (including phenoxy) is 6. The van der Waals surface area contributed by atoms with Crippen LogP contribution in [0.2, 0.25) is 0 Å². The molecule has 0 unspecified atom stereocenters. The van der Waals surface area contributed by atoms with Gasteiger partial charge in [-0.25, -0.2) is 0 Å². The van der Waals surface area contributed by atoms with Gasteiger partial charge in [0.1, 0.15) is 6.61 Å². The van der Waals surface area contributed by atoms with E-state index in [1.165, 1.54) is 5.56 Å². The summed E-state index contributed by atoms with van der Waals surface area (Å²) in [7, 11) is 0. The van der Waals surface area contributed by atoms with Gasteiger partial charge in [-0.05, 0) is 18.1 Å². The minimum absolute atomic E-state index is 0.221. The van der Waals surface area contributed by atoms with E-state index in [-0.39, 0.29) is 40.7 Å². The minimum atomic E-state index is -0.429. The number of esters is 1. The van der Waals surface area contributed by atoms with E-state index in [1.54, 1.807) is 0 Å². The van der Waals surface area contributed by atoms with Crippen molar-refractivity contribution in [3.63, 3.8) is 0 Å². The van der Waals surface area contributed by atoms with Gasteiger partial charge < -0.3 is 28.4 Å². The Hall–Kier alpha value is 2.51. The summed E-state index contributed by atoms with van der Waals surface area (Å²) in [5.41, 5.74) is 1.74.